The van der Waals surface area contributed by atoms with E-state index in [1.807, 2.05) is 11.3 Å². The van der Waals surface area contributed by atoms with Gasteiger partial charge in [-0.3, -0.25) is 4.40 Å². The summed E-state index contributed by atoms with van der Waals surface area (Å²) in [6, 6.07) is 34.1. The average Bonchev–Trinajstić information content (AvgIpc) is 3.65. The van der Waals surface area contributed by atoms with Crippen LogP contribution in [-0.2, 0) is 0 Å². The first-order chi connectivity index (χ1) is 19.8. The summed E-state index contributed by atoms with van der Waals surface area (Å²) < 4.78 is 5.18. The summed E-state index contributed by atoms with van der Waals surface area (Å²) in [6.07, 6.45) is 8.81. The third kappa shape index (κ3) is 2.59. The van der Waals surface area contributed by atoms with Crippen LogP contribution in [0.3, 0.4) is 0 Å². The fourth-order valence-electron chi connectivity index (χ4n) is 7.14. The molecule has 0 amide bonds. The second-order valence-corrected chi connectivity index (χ2v) is 12.1. The number of fused-ring (bicyclic) bond motifs is 12. The van der Waals surface area contributed by atoms with Crippen molar-refractivity contribution in [3.63, 3.8) is 0 Å². The van der Waals surface area contributed by atoms with E-state index in [0.717, 1.165) is 0 Å². The molecule has 1 aliphatic heterocycles. The number of allylic oxidation sites excluding steroid dienone is 2. The van der Waals surface area contributed by atoms with Crippen molar-refractivity contribution in [2.75, 3.05) is 10.6 Å². The molecule has 0 saturated carbocycles. The molecule has 188 valence electrons. The first-order valence-corrected chi connectivity index (χ1v) is 14.7. The van der Waals surface area contributed by atoms with Gasteiger partial charge in [-0.1, -0.05) is 97.1 Å². The van der Waals surface area contributed by atoms with Gasteiger partial charge in [0, 0.05) is 36.3 Å². The van der Waals surface area contributed by atoms with Crippen LogP contribution in [0.5, 0.6) is 0 Å². The number of rotatable bonds is 1. The van der Waals surface area contributed by atoms with Gasteiger partial charge < -0.3 is 10.6 Å². The summed E-state index contributed by atoms with van der Waals surface area (Å²) in [5.41, 5.74) is 6.35. The Morgan fingerprint density at radius 2 is 1.43 bits per heavy atom. The van der Waals surface area contributed by atoms with Crippen molar-refractivity contribution in [1.82, 2.24) is 4.40 Å². The Labute approximate surface area is 234 Å². The lowest BCUT2D eigenvalue weighted by Gasteiger charge is -2.33. The van der Waals surface area contributed by atoms with Crippen LogP contribution in [0.4, 0.5) is 11.5 Å². The Balaban J connectivity index is 1.33. The molecule has 5 aromatic carbocycles. The molecule has 40 heavy (non-hydrogen) atoms. The van der Waals surface area contributed by atoms with Gasteiger partial charge >= 0.3 is 0 Å². The van der Waals surface area contributed by atoms with E-state index in [2.05, 4.69) is 130 Å². The third-order valence-electron chi connectivity index (χ3n) is 8.94. The number of hydrogen-bond donors (Lipinski definition) is 2. The normalized spacial score (nSPS) is 18.2. The Hall–Kier alpha value is -4.80. The number of aromatic nitrogens is 1. The molecule has 10 rings (SSSR count). The van der Waals surface area contributed by atoms with E-state index in [4.69, 9.17) is 0 Å². The Morgan fingerprint density at radius 3 is 2.35 bits per heavy atom. The van der Waals surface area contributed by atoms with Crippen LogP contribution in [0.1, 0.15) is 0 Å². The number of nitrogens with zero attached hydrogens (tertiary/aromatic N) is 1. The summed E-state index contributed by atoms with van der Waals surface area (Å²) in [6.45, 7) is 0. The zero-order valence-corrected chi connectivity index (χ0v) is 22.3. The first kappa shape index (κ1) is 21.1. The number of nitrogens with one attached hydrogen (secondary N) is 2. The lowest BCUT2D eigenvalue weighted by atomic mass is 9.98. The van der Waals surface area contributed by atoms with E-state index < -0.39 is 0 Å². The van der Waals surface area contributed by atoms with E-state index in [1.54, 1.807) is 0 Å². The molecule has 4 heteroatoms. The van der Waals surface area contributed by atoms with Crippen LogP contribution < -0.4 is 10.6 Å². The predicted molar refractivity (Wildman–Crippen MR) is 173 cm³/mol. The van der Waals surface area contributed by atoms with Gasteiger partial charge in [-0.25, -0.2) is 0 Å². The van der Waals surface area contributed by atoms with Crippen LogP contribution in [-0.4, -0.2) is 16.5 Å². The number of para-hydroxylation sites is 1. The van der Waals surface area contributed by atoms with Gasteiger partial charge in [0.15, 0.2) is 0 Å². The van der Waals surface area contributed by atoms with E-state index >= 15 is 0 Å². The molecule has 8 aromatic rings. The smallest absolute Gasteiger partial charge is 0.136 e. The predicted octanol–water partition coefficient (Wildman–Crippen LogP) is 9.57. The molecule has 2 unspecified atom stereocenters. The molecule has 4 heterocycles. The van der Waals surface area contributed by atoms with Gasteiger partial charge in [0.25, 0.3) is 0 Å². The molecule has 0 fully saturated rings. The highest BCUT2D eigenvalue weighted by atomic mass is 32.1. The first-order valence-electron chi connectivity index (χ1n) is 13.9. The zero-order valence-electron chi connectivity index (χ0n) is 21.5. The SMILES string of the molecule is C1=CC2Nc3c(n4c5ccccc5c5c6sc7c(-c8ccc9ccccc9c8)cccc7c6cc3c54)NC2C=C1. The average molecular weight is 530 g/mol. The Bertz CT molecular complexity index is 2400. The zero-order chi connectivity index (χ0) is 25.9. The van der Waals surface area contributed by atoms with Crippen LogP contribution in [0.25, 0.3) is 69.3 Å². The third-order valence-corrected chi connectivity index (χ3v) is 10.2. The highest BCUT2D eigenvalue weighted by molar-refractivity contribution is 7.27. The summed E-state index contributed by atoms with van der Waals surface area (Å²) in [5.74, 6) is 1.17. The number of hydrogen-bond acceptors (Lipinski definition) is 3. The molecular weight excluding hydrogens is 506 g/mol. The molecule has 0 bridgehead atoms. The second kappa shape index (κ2) is 7.44. The van der Waals surface area contributed by atoms with Gasteiger partial charge in [0.2, 0.25) is 0 Å². The summed E-state index contributed by atoms with van der Waals surface area (Å²) in [4.78, 5) is 0. The largest absolute Gasteiger partial charge is 0.373 e. The van der Waals surface area contributed by atoms with Crippen LogP contribution in [0, 0.1) is 0 Å². The summed E-state index contributed by atoms with van der Waals surface area (Å²) >= 11 is 1.94. The van der Waals surface area contributed by atoms with Crippen molar-refractivity contribution in [2.45, 2.75) is 12.1 Å². The van der Waals surface area contributed by atoms with Gasteiger partial charge in [-0.05, 0) is 40.1 Å². The fraction of sp³-hybridized carbons (Fsp3) is 0.0556. The minimum Gasteiger partial charge on any atom is -0.373 e. The Morgan fingerprint density at radius 1 is 0.625 bits per heavy atom. The summed E-state index contributed by atoms with van der Waals surface area (Å²) in [7, 11) is 0. The summed E-state index contributed by atoms with van der Waals surface area (Å²) in [5, 5.41) is 17.0. The quantitative estimate of drug-likeness (QED) is 0.222. The lowest BCUT2D eigenvalue weighted by Crippen LogP contribution is -2.41. The van der Waals surface area contributed by atoms with Gasteiger partial charge in [-0.15, -0.1) is 11.3 Å². The molecule has 1 aliphatic carbocycles. The molecule has 0 saturated heterocycles. The standard InChI is InChI=1S/C36H23N3S/c1-2-9-21-18-22(17-16-20(21)8-1)23-11-7-12-24-26-19-27-32-36(38-29-14-5-4-13-28(29)37-32)39-30-15-6-3-10-25(30)31(33(27)39)35(26)40-34(23)24/h1-19,28-29,37-38H. The van der Waals surface area contributed by atoms with E-state index in [1.165, 1.54) is 80.8 Å². The van der Waals surface area contributed by atoms with Gasteiger partial charge in [0.05, 0.1) is 28.8 Å². The van der Waals surface area contributed by atoms with Crippen LogP contribution in [0.15, 0.2) is 115 Å². The monoisotopic (exact) mass is 529 g/mol. The van der Waals surface area contributed by atoms with E-state index in [0.29, 0.717) is 0 Å². The molecular formula is C36H23N3S. The number of benzene rings is 5. The molecule has 2 N–H and O–H groups in total. The maximum atomic E-state index is 3.90. The van der Waals surface area contributed by atoms with Crippen molar-refractivity contribution in [3.05, 3.63) is 115 Å². The van der Waals surface area contributed by atoms with Crippen LogP contribution >= 0.6 is 11.3 Å². The van der Waals surface area contributed by atoms with E-state index in [9.17, 15) is 0 Å². The number of thiophene rings is 1. The van der Waals surface area contributed by atoms with Gasteiger partial charge in [0.1, 0.15) is 5.82 Å². The molecule has 0 radical (unpaired) electrons. The van der Waals surface area contributed by atoms with Crippen molar-refractivity contribution in [2.24, 2.45) is 0 Å². The number of anilines is 2. The highest BCUT2D eigenvalue weighted by Crippen LogP contribution is 2.52. The van der Waals surface area contributed by atoms with Gasteiger partial charge in [-0.2, -0.15) is 0 Å². The highest BCUT2D eigenvalue weighted by Gasteiger charge is 2.32. The molecule has 3 aromatic heterocycles. The minimum atomic E-state index is 0.237. The second-order valence-electron chi connectivity index (χ2n) is 11.1. The minimum absolute atomic E-state index is 0.237. The lowest BCUT2D eigenvalue weighted by molar-refractivity contribution is 0.760. The maximum absolute atomic E-state index is 3.90. The van der Waals surface area contributed by atoms with Crippen molar-refractivity contribution >= 4 is 81.0 Å². The fourth-order valence-corrected chi connectivity index (χ4v) is 8.52. The molecule has 2 atom stereocenters. The topological polar surface area (TPSA) is 28.5 Å². The van der Waals surface area contributed by atoms with Crippen molar-refractivity contribution in [1.29, 1.82) is 0 Å². The van der Waals surface area contributed by atoms with E-state index in [-0.39, 0.29) is 12.1 Å². The molecule has 3 nitrogen and oxygen atoms in total. The molecule has 2 aliphatic rings. The molecule has 0 spiro atoms. The van der Waals surface area contributed by atoms with Crippen molar-refractivity contribution in [3.8, 4) is 11.1 Å². The van der Waals surface area contributed by atoms with Crippen molar-refractivity contribution < 1.29 is 0 Å². The Kier molecular flexibility index (Phi) is 3.92. The van der Waals surface area contributed by atoms with Crippen LogP contribution in [0.2, 0.25) is 0 Å². The maximum Gasteiger partial charge on any atom is 0.136 e.